The Kier molecular flexibility index (Phi) is 4.82. The van der Waals surface area contributed by atoms with Crippen molar-refractivity contribution in [2.24, 2.45) is 11.8 Å². The van der Waals surface area contributed by atoms with E-state index in [1.165, 1.54) is 0 Å². The third-order valence-corrected chi connectivity index (χ3v) is 3.22. The lowest BCUT2D eigenvalue weighted by atomic mass is 9.78. The highest BCUT2D eigenvalue weighted by Crippen LogP contribution is 2.33. The van der Waals surface area contributed by atoms with Crippen molar-refractivity contribution in [1.82, 2.24) is 0 Å². The molecule has 3 unspecified atom stereocenters. The molecule has 0 spiro atoms. The van der Waals surface area contributed by atoms with Gasteiger partial charge in [0.1, 0.15) is 0 Å². The molecule has 86 valence electrons. The molecule has 0 heterocycles. The summed E-state index contributed by atoms with van der Waals surface area (Å²) < 4.78 is 5.54. The fraction of sp³-hybridized carbons (Fsp3) is 0.750. The first-order valence-electron chi connectivity index (χ1n) is 5.64. The number of carbonyl (C=O) groups is 1. The molecule has 1 aliphatic carbocycles. The second-order valence-electron chi connectivity index (χ2n) is 4.19. The van der Waals surface area contributed by atoms with E-state index < -0.39 is 5.97 Å². The van der Waals surface area contributed by atoms with Gasteiger partial charge in [-0.15, -0.1) is 6.58 Å². The third-order valence-electron chi connectivity index (χ3n) is 3.22. The maximum Gasteiger partial charge on any atom is 0.309 e. The SMILES string of the molecule is C=CCOC1CC(CC)CCC1C(=O)O. The number of carboxylic acids is 1. The smallest absolute Gasteiger partial charge is 0.309 e. The van der Waals surface area contributed by atoms with E-state index in [0.29, 0.717) is 12.5 Å². The third kappa shape index (κ3) is 3.34. The van der Waals surface area contributed by atoms with Crippen molar-refractivity contribution in [1.29, 1.82) is 0 Å². The molecule has 1 saturated carbocycles. The molecule has 0 saturated heterocycles. The summed E-state index contributed by atoms with van der Waals surface area (Å²) in [7, 11) is 0. The second-order valence-corrected chi connectivity index (χ2v) is 4.19. The fourth-order valence-corrected chi connectivity index (χ4v) is 2.24. The van der Waals surface area contributed by atoms with Crippen molar-refractivity contribution in [3.8, 4) is 0 Å². The number of hydrogen-bond donors (Lipinski definition) is 1. The van der Waals surface area contributed by atoms with E-state index >= 15 is 0 Å². The van der Waals surface area contributed by atoms with Crippen LogP contribution in [0.15, 0.2) is 12.7 Å². The minimum absolute atomic E-state index is 0.126. The van der Waals surface area contributed by atoms with Gasteiger partial charge in [0.2, 0.25) is 0 Å². The summed E-state index contributed by atoms with van der Waals surface area (Å²) in [6.45, 7) is 6.18. The van der Waals surface area contributed by atoms with Gasteiger partial charge in [-0.1, -0.05) is 19.4 Å². The maximum atomic E-state index is 11.0. The Bertz CT molecular complexity index is 225. The summed E-state index contributed by atoms with van der Waals surface area (Å²) in [4.78, 5) is 11.0. The van der Waals surface area contributed by atoms with E-state index in [4.69, 9.17) is 9.84 Å². The summed E-state index contributed by atoms with van der Waals surface area (Å²) in [6, 6.07) is 0. The van der Waals surface area contributed by atoms with E-state index in [0.717, 1.165) is 25.7 Å². The Balaban J connectivity index is 2.55. The van der Waals surface area contributed by atoms with Crippen LogP contribution in [0.25, 0.3) is 0 Å². The lowest BCUT2D eigenvalue weighted by Crippen LogP contribution is -2.36. The van der Waals surface area contributed by atoms with Crippen LogP contribution in [0.2, 0.25) is 0 Å². The predicted molar refractivity (Wildman–Crippen MR) is 58.7 cm³/mol. The Labute approximate surface area is 91.1 Å². The number of aliphatic carboxylic acids is 1. The first-order valence-corrected chi connectivity index (χ1v) is 5.64. The highest BCUT2D eigenvalue weighted by Gasteiger charge is 2.34. The van der Waals surface area contributed by atoms with Crippen LogP contribution in [0.5, 0.6) is 0 Å². The molecule has 0 bridgehead atoms. The average molecular weight is 212 g/mol. The molecular formula is C12H20O3. The topological polar surface area (TPSA) is 46.5 Å². The quantitative estimate of drug-likeness (QED) is 0.712. The van der Waals surface area contributed by atoms with Crippen molar-refractivity contribution in [2.45, 2.75) is 38.7 Å². The van der Waals surface area contributed by atoms with E-state index in [9.17, 15) is 4.79 Å². The van der Waals surface area contributed by atoms with E-state index in [1.54, 1.807) is 6.08 Å². The van der Waals surface area contributed by atoms with Crippen LogP contribution < -0.4 is 0 Å². The first-order chi connectivity index (χ1) is 7.19. The molecule has 1 aliphatic rings. The van der Waals surface area contributed by atoms with Crippen molar-refractivity contribution in [2.75, 3.05) is 6.61 Å². The highest BCUT2D eigenvalue weighted by molar-refractivity contribution is 5.70. The Morgan fingerprint density at radius 3 is 2.87 bits per heavy atom. The number of ether oxygens (including phenoxy) is 1. The Hall–Kier alpha value is -0.830. The fourth-order valence-electron chi connectivity index (χ4n) is 2.24. The molecule has 0 aromatic rings. The van der Waals surface area contributed by atoms with Gasteiger partial charge in [-0.05, 0) is 25.2 Å². The monoisotopic (exact) mass is 212 g/mol. The van der Waals surface area contributed by atoms with Crippen molar-refractivity contribution in [3.63, 3.8) is 0 Å². The lowest BCUT2D eigenvalue weighted by molar-refractivity contribution is -0.150. The van der Waals surface area contributed by atoms with Crippen LogP contribution in [-0.4, -0.2) is 23.8 Å². The summed E-state index contributed by atoms with van der Waals surface area (Å²) in [6.07, 6.45) is 5.30. The van der Waals surface area contributed by atoms with Gasteiger partial charge < -0.3 is 9.84 Å². The molecule has 3 heteroatoms. The summed E-state index contributed by atoms with van der Waals surface area (Å²) in [5.74, 6) is -0.429. The molecule has 1 rings (SSSR count). The zero-order valence-electron chi connectivity index (χ0n) is 9.32. The minimum atomic E-state index is -0.724. The molecular weight excluding hydrogens is 192 g/mol. The maximum absolute atomic E-state index is 11.0. The molecule has 0 radical (unpaired) electrons. The minimum Gasteiger partial charge on any atom is -0.481 e. The van der Waals surface area contributed by atoms with Gasteiger partial charge in [0.05, 0.1) is 18.6 Å². The second kappa shape index (κ2) is 5.91. The van der Waals surface area contributed by atoms with Crippen molar-refractivity contribution >= 4 is 5.97 Å². The summed E-state index contributed by atoms with van der Waals surface area (Å²) in [5.41, 5.74) is 0. The molecule has 0 aromatic carbocycles. The van der Waals surface area contributed by atoms with Gasteiger partial charge in [-0.25, -0.2) is 0 Å². The van der Waals surface area contributed by atoms with E-state index in [1.807, 2.05) is 0 Å². The van der Waals surface area contributed by atoms with Gasteiger partial charge in [-0.3, -0.25) is 4.79 Å². The molecule has 0 aromatic heterocycles. The van der Waals surface area contributed by atoms with Gasteiger partial charge in [0.15, 0.2) is 0 Å². The van der Waals surface area contributed by atoms with Crippen LogP contribution in [0.1, 0.15) is 32.6 Å². The summed E-state index contributed by atoms with van der Waals surface area (Å²) in [5, 5.41) is 9.06. The molecule has 3 atom stereocenters. The van der Waals surface area contributed by atoms with E-state index in [-0.39, 0.29) is 12.0 Å². The van der Waals surface area contributed by atoms with Crippen LogP contribution in [0.4, 0.5) is 0 Å². The van der Waals surface area contributed by atoms with Crippen LogP contribution in [0, 0.1) is 11.8 Å². The molecule has 1 N–H and O–H groups in total. The average Bonchev–Trinajstić information content (AvgIpc) is 2.25. The predicted octanol–water partition coefficient (Wildman–Crippen LogP) is 2.47. The largest absolute Gasteiger partial charge is 0.481 e. The zero-order chi connectivity index (χ0) is 11.3. The standard InChI is InChI=1S/C12H20O3/c1-3-7-15-11-8-9(4-2)5-6-10(11)12(13)14/h3,9-11H,1,4-8H2,2H3,(H,13,14). The number of rotatable bonds is 5. The lowest BCUT2D eigenvalue weighted by Gasteiger charge is -2.33. The molecule has 15 heavy (non-hydrogen) atoms. The number of hydrogen-bond acceptors (Lipinski definition) is 2. The zero-order valence-corrected chi connectivity index (χ0v) is 9.32. The van der Waals surface area contributed by atoms with E-state index in [2.05, 4.69) is 13.5 Å². The molecule has 3 nitrogen and oxygen atoms in total. The van der Waals surface area contributed by atoms with Crippen molar-refractivity contribution in [3.05, 3.63) is 12.7 Å². The van der Waals surface area contributed by atoms with Crippen LogP contribution in [0.3, 0.4) is 0 Å². The van der Waals surface area contributed by atoms with Crippen LogP contribution >= 0.6 is 0 Å². The highest BCUT2D eigenvalue weighted by atomic mass is 16.5. The first kappa shape index (κ1) is 12.2. The summed E-state index contributed by atoms with van der Waals surface area (Å²) >= 11 is 0. The normalized spacial score (nSPS) is 31.1. The molecule has 1 fully saturated rings. The number of carboxylic acid groups (broad SMARTS) is 1. The molecule has 0 aliphatic heterocycles. The van der Waals surface area contributed by atoms with Gasteiger partial charge in [0.25, 0.3) is 0 Å². The Morgan fingerprint density at radius 2 is 2.33 bits per heavy atom. The van der Waals surface area contributed by atoms with Gasteiger partial charge >= 0.3 is 5.97 Å². The molecule has 0 amide bonds. The van der Waals surface area contributed by atoms with Crippen molar-refractivity contribution < 1.29 is 14.6 Å². The van der Waals surface area contributed by atoms with Gasteiger partial charge in [-0.2, -0.15) is 0 Å². The Morgan fingerprint density at radius 1 is 1.60 bits per heavy atom. The van der Waals surface area contributed by atoms with Crippen LogP contribution in [-0.2, 0) is 9.53 Å². The van der Waals surface area contributed by atoms with Gasteiger partial charge in [0, 0.05) is 0 Å².